The maximum atomic E-state index is 9.09. The molecular formula is C11H18O3. The molecule has 0 radical (unpaired) electrons. The van der Waals surface area contributed by atoms with Crippen molar-refractivity contribution in [2.75, 3.05) is 6.61 Å². The van der Waals surface area contributed by atoms with Crippen molar-refractivity contribution in [3.8, 4) is 0 Å². The summed E-state index contributed by atoms with van der Waals surface area (Å²) in [6, 6.07) is 3.88. The van der Waals surface area contributed by atoms with E-state index in [0.717, 1.165) is 37.2 Å². The molecule has 1 aromatic rings. The van der Waals surface area contributed by atoms with Crippen molar-refractivity contribution in [2.24, 2.45) is 0 Å². The third-order valence-electron chi connectivity index (χ3n) is 2.11. The van der Waals surface area contributed by atoms with Crippen LogP contribution in [0, 0.1) is 0 Å². The Morgan fingerprint density at radius 3 is 2.50 bits per heavy atom. The highest BCUT2D eigenvalue weighted by atomic mass is 16.3. The molecule has 14 heavy (non-hydrogen) atoms. The Morgan fingerprint density at radius 1 is 1.29 bits per heavy atom. The van der Waals surface area contributed by atoms with Crippen LogP contribution in [-0.4, -0.2) is 22.9 Å². The van der Waals surface area contributed by atoms with E-state index in [1.165, 1.54) is 0 Å². The first-order chi connectivity index (χ1) is 6.72. The van der Waals surface area contributed by atoms with E-state index in [9.17, 15) is 0 Å². The van der Waals surface area contributed by atoms with E-state index in [-0.39, 0.29) is 12.7 Å². The average Bonchev–Trinajstić information content (AvgIpc) is 2.59. The summed E-state index contributed by atoms with van der Waals surface area (Å²) in [6.07, 6.45) is 2.75. The van der Waals surface area contributed by atoms with Gasteiger partial charge in [0.25, 0.3) is 0 Å². The fourth-order valence-corrected chi connectivity index (χ4v) is 1.30. The van der Waals surface area contributed by atoms with E-state index in [1.807, 2.05) is 12.1 Å². The van der Waals surface area contributed by atoms with Gasteiger partial charge in [-0.2, -0.15) is 0 Å². The van der Waals surface area contributed by atoms with Crippen LogP contribution < -0.4 is 0 Å². The molecule has 0 amide bonds. The number of aryl methyl sites for hydroxylation is 2. The molecule has 0 fully saturated rings. The molecule has 1 rings (SSSR count). The molecule has 0 aromatic carbocycles. The molecule has 3 nitrogen and oxygen atoms in total. The van der Waals surface area contributed by atoms with Crippen LogP contribution in [0.4, 0.5) is 0 Å². The van der Waals surface area contributed by atoms with Crippen molar-refractivity contribution < 1.29 is 14.6 Å². The van der Waals surface area contributed by atoms with Gasteiger partial charge in [-0.15, -0.1) is 0 Å². The second-order valence-corrected chi connectivity index (χ2v) is 3.58. The lowest BCUT2D eigenvalue weighted by Crippen LogP contribution is -2.00. The second-order valence-electron chi connectivity index (χ2n) is 3.58. The second kappa shape index (κ2) is 5.83. The maximum Gasteiger partial charge on any atom is 0.104 e. The molecular weight excluding hydrogens is 180 g/mol. The van der Waals surface area contributed by atoms with Gasteiger partial charge in [0.15, 0.2) is 0 Å². The van der Waals surface area contributed by atoms with Crippen molar-refractivity contribution in [3.63, 3.8) is 0 Å². The smallest absolute Gasteiger partial charge is 0.104 e. The van der Waals surface area contributed by atoms with Crippen molar-refractivity contribution >= 4 is 0 Å². The Labute approximate surface area is 84.4 Å². The van der Waals surface area contributed by atoms with Gasteiger partial charge in [-0.05, 0) is 31.9 Å². The van der Waals surface area contributed by atoms with Gasteiger partial charge in [-0.1, -0.05) is 0 Å². The van der Waals surface area contributed by atoms with E-state index < -0.39 is 0 Å². The van der Waals surface area contributed by atoms with Crippen molar-refractivity contribution in [2.45, 2.75) is 38.7 Å². The average molecular weight is 198 g/mol. The molecule has 0 aliphatic carbocycles. The van der Waals surface area contributed by atoms with Crippen LogP contribution in [0.15, 0.2) is 16.5 Å². The summed E-state index contributed by atoms with van der Waals surface area (Å²) in [6.45, 7) is 1.97. The summed E-state index contributed by atoms with van der Waals surface area (Å²) < 4.78 is 5.51. The van der Waals surface area contributed by atoms with Crippen LogP contribution in [0.5, 0.6) is 0 Å². The molecule has 2 N–H and O–H groups in total. The van der Waals surface area contributed by atoms with Gasteiger partial charge in [-0.25, -0.2) is 0 Å². The molecule has 0 saturated heterocycles. The third-order valence-corrected chi connectivity index (χ3v) is 2.11. The van der Waals surface area contributed by atoms with Gasteiger partial charge in [0.2, 0.25) is 0 Å². The molecule has 0 spiro atoms. The quantitative estimate of drug-likeness (QED) is 0.728. The number of rotatable bonds is 6. The topological polar surface area (TPSA) is 53.6 Å². The van der Waals surface area contributed by atoms with E-state index in [2.05, 4.69) is 0 Å². The SMILES string of the molecule is CC(O)CCc1ccc(CCCO)o1. The molecule has 0 aliphatic rings. The Balaban J connectivity index is 2.35. The van der Waals surface area contributed by atoms with Crippen molar-refractivity contribution in [1.29, 1.82) is 0 Å². The lowest BCUT2D eigenvalue weighted by Gasteiger charge is -2.00. The number of hydrogen-bond acceptors (Lipinski definition) is 3. The van der Waals surface area contributed by atoms with Gasteiger partial charge in [0.1, 0.15) is 11.5 Å². The molecule has 80 valence electrons. The Morgan fingerprint density at radius 2 is 1.93 bits per heavy atom. The summed E-state index contributed by atoms with van der Waals surface area (Å²) in [5.41, 5.74) is 0. The summed E-state index contributed by atoms with van der Waals surface area (Å²) in [5, 5.41) is 17.7. The zero-order valence-corrected chi connectivity index (χ0v) is 8.57. The maximum absolute atomic E-state index is 9.09. The first-order valence-electron chi connectivity index (χ1n) is 5.09. The number of aliphatic hydroxyl groups is 2. The molecule has 1 heterocycles. The lowest BCUT2D eigenvalue weighted by atomic mass is 10.2. The standard InChI is InChI=1S/C11H18O3/c1-9(13)4-5-11-7-6-10(14-11)3-2-8-12/h6-7,9,12-13H,2-5,8H2,1H3. The van der Waals surface area contributed by atoms with E-state index in [4.69, 9.17) is 14.6 Å². The first-order valence-corrected chi connectivity index (χ1v) is 5.09. The van der Waals surface area contributed by atoms with Crippen molar-refractivity contribution in [1.82, 2.24) is 0 Å². The number of aliphatic hydroxyl groups excluding tert-OH is 2. The van der Waals surface area contributed by atoms with Gasteiger partial charge in [-0.3, -0.25) is 0 Å². The Bertz CT molecular complexity index is 253. The fourth-order valence-electron chi connectivity index (χ4n) is 1.30. The third kappa shape index (κ3) is 3.94. The van der Waals surface area contributed by atoms with Crippen LogP contribution in [0.3, 0.4) is 0 Å². The van der Waals surface area contributed by atoms with Crippen LogP contribution in [0.1, 0.15) is 31.3 Å². The largest absolute Gasteiger partial charge is 0.466 e. The predicted octanol–water partition coefficient (Wildman–Crippen LogP) is 1.52. The Hall–Kier alpha value is -0.800. The lowest BCUT2D eigenvalue weighted by molar-refractivity contribution is 0.182. The number of hydrogen-bond donors (Lipinski definition) is 2. The summed E-state index contributed by atoms with van der Waals surface area (Å²) >= 11 is 0. The number of furan rings is 1. The van der Waals surface area contributed by atoms with E-state index in [1.54, 1.807) is 6.92 Å². The molecule has 1 unspecified atom stereocenters. The predicted molar refractivity (Wildman–Crippen MR) is 54.1 cm³/mol. The van der Waals surface area contributed by atoms with Gasteiger partial charge in [0, 0.05) is 19.4 Å². The molecule has 1 atom stereocenters. The molecule has 0 saturated carbocycles. The highest BCUT2D eigenvalue weighted by molar-refractivity contribution is 5.07. The fraction of sp³-hybridized carbons (Fsp3) is 0.636. The van der Waals surface area contributed by atoms with Crippen LogP contribution in [0.2, 0.25) is 0 Å². The monoisotopic (exact) mass is 198 g/mol. The van der Waals surface area contributed by atoms with Gasteiger partial charge < -0.3 is 14.6 Å². The first kappa shape index (κ1) is 11.3. The molecule has 0 aliphatic heterocycles. The van der Waals surface area contributed by atoms with Crippen LogP contribution in [0.25, 0.3) is 0 Å². The zero-order chi connectivity index (χ0) is 10.4. The van der Waals surface area contributed by atoms with E-state index in [0.29, 0.717) is 0 Å². The summed E-state index contributed by atoms with van der Waals surface area (Å²) in [5.74, 6) is 1.83. The molecule has 1 aromatic heterocycles. The zero-order valence-electron chi connectivity index (χ0n) is 8.57. The highest BCUT2D eigenvalue weighted by Gasteiger charge is 2.03. The summed E-state index contributed by atoms with van der Waals surface area (Å²) in [7, 11) is 0. The van der Waals surface area contributed by atoms with Crippen LogP contribution in [-0.2, 0) is 12.8 Å². The van der Waals surface area contributed by atoms with Gasteiger partial charge >= 0.3 is 0 Å². The van der Waals surface area contributed by atoms with Crippen LogP contribution >= 0.6 is 0 Å². The van der Waals surface area contributed by atoms with E-state index >= 15 is 0 Å². The molecule has 0 bridgehead atoms. The minimum absolute atomic E-state index is 0.198. The Kier molecular flexibility index (Phi) is 4.70. The minimum atomic E-state index is -0.277. The normalized spacial score (nSPS) is 13.1. The highest BCUT2D eigenvalue weighted by Crippen LogP contribution is 2.12. The summed E-state index contributed by atoms with van der Waals surface area (Å²) in [4.78, 5) is 0. The minimum Gasteiger partial charge on any atom is -0.466 e. The molecule has 3 heteroatoms. The van der Waals surface area contributed by atoms with Gasteiger partial charge in [0.05, 0.1) is 6.10 Å². The van der Waals surface area contributed by atoms with Crippen molar-refractivity contribution in [3.05, 3.63) is 23.7 Å².